The first-order valence-corrected chi connectivity index (χ1v) is 18.1. The van der Waals surface area contributed by atoms with Crippen molar-refractivity contribution in [2.45, 2.75) is 76.3 Å². The van der Waals surface area contributed by atoms with Gasteiger partial charge in [0.1, 0.15) is 42.0 Å². The molecule has 1 fully saturated rings. The van der Waals surface area contributed by atoms with Crippen molar-refractivity contribution >= 4 is 35.4 Å². The lowest BCUT2D eigenvalue weighted by Gasteiger charge is -2.34. The Kier molecular flexibility index (Phi) is 12.8. The number of methoxy groups -OCH3 is 2. The zero-order valence-electron chi connectivity index (χ0n) is 32.3. The molecule has 6 rings (SSSR count). The summed E-state index contributed by atoms with van der Waals surface area (Å²) in [5.41, 5.74) is 1.59. The highest BCUT2D eigenvalue weighted by Crippen LogP contribution is 2.33. The van der Waals surface area contributed by atoms with E-state index in [1.807, 2.05) is 0 Å². The van der Waals surface area contributed by atoms with Crippen LogP contribution in [0.15, 0.2) is 60.7 Å². The van der Waals surface area contributed by atoms with Crippen molar-refractivity contribution in [2.24, 2.45) is 0 Å². The van der Waals surface area contributed by atoms with E-state index in [1.165, 1.54) is 66.1 Å². The molecule has 0 radical (unpaired) electrons. The first-order chi connectivity index (χ1) is 26.6. The number of hydrogen-bond acceptors (Lipinski definition) is 9. The lowest BCUT2D eigenvalue weighted by molar-refractivity contribution is -0.145. The van der Waals surface area contributed by atoms with E-state index in [-0.39, 0.29) is 25.0 Å². The van der Waals surface area contributed by atoms with Crippen LogP contribution in [0.4, 0.5) is 4.39 Å². The van der Waals surface area contributed by atoms with Crippen molar-refractivity contribution in [2.75, 3.05) is 28.3 Å². The van der Waals surface area contributed by atoms with E-state index < -0.39 is 77.5 Å². The van der Waals surface area contributed by atoms with Gasteiger partial charge < -0.3 is 45.3 Å². The van der Waals surface area contributed by atoms with Crippen LogP contribution in [0, 0.1) is 5.82 Å². The minimum Gasteiger partial charge on any atom is -0.494 e. The number of rotatable bonds is 4. The van der Waals surface area contributed by atoms with Crippen LogP contribution in [0.5, 0.6) is 23.0 Å². The van der Waals surface area contributed by atoms with Gasteiger partial charge in [-0.05, 0) is 73.9 Å². The van der Waals surface area contributed by atoms with E-state index in [0.29, 0.717) is 33.9 Å². The van der Waals surface area contributed by atoms with Gasteiger partial charge in [-0.2, -0.15) is 0 Å². The molecule has 1 saturated heterocycles. The Labute approximate surface area is 324 Å². The van der Waals surface area contributed by atoms with Gasteiger partial charge in [-0.25, -0.2) is 4.39 Å². The van der Waals surface area contributed by atoms with Gasteiger partial charge in [0.2, 0.25) is 35.4 Å². The Morgan fingerprint density at radius 1 is 0.661 bits per heavy atom. The molecule has 0 spiro atoms. The summed E-state index contributed by atoms with van der Waals surface area (Å²) in [6.07, 6.45) is -0.196. The molecule has 15 nitrogen and oxygen atoms in total. The summed E-state index contributed by atoms with van der Waals surface area (Å²) in [5.74, 6) is -3.54. The highest BCUT2D eigenvalue weighted by atomic mass is 19.1. The van der Waals surface area contributed by atoms with Gasteiger partial charge in [-0.3, -0.25) is 28.8 Å². The van der Waals surface area contributed by atoms with Crippen LogP contribution in [0.25, 0.3) is 0 Å². The predicted molar refractivity (Wildman–Crippen MR) is 201 cm³/mol. The van der Waals surface area contributed by atoms with Crippen LogP contribution < -0.4 is 35.5 Å². The van der Waals surface area contributed by atoms with Crippen molar-refractivity contribution in [3.8, 4) is 23.0 Å². The number of nitrogens with zero attached hydrogens (tertiary/aromatic N) is 2. The fourth-order valence-electron chi connectivity index (χ4n) is 6.62. The molecule has 298 valence electrons. The molecule has 16 heteroatoms. The highest BCUT2D eigenvalue weighted by Gasteiger charge is 2.37. The van der Waals surface area contributed by atoms with E-state index in [1.54, 1.807) is 48.5 Å². The third-order valence-electron chi connectivity index (χ3n) is 9.97. The predicted octanol–water partition coefficient (Wildman–Crippen LogP) is 1.64. The van der Waals surface area contributed by atoms with Crippen LogP contribution in [0.3, 0.4) is 0 Å². The fraction of sp³-hybridized carbons (Fsp3) is 0.400. The Balaban J connectivity index is 1.55. The average molecular weight is 775 g/mol. The molecule has 3 aromatic rings. The Morgan fingerprint density at radius 3 is 1.89 bits per heavy atom. The molecule has 6 unspecified atom stereocenters. The van der Waals surface area contributed by atoms with E-state index in [4.69, 9.17) is 14.2 Å². The standard InChI is InChI=1S/C40H47FN6O9/c1-21-35(48)43-22(2)39(52)47(5)31(19-25-10-14-32(54-6)28(41)16-25)37(50)44-23(3)40(53)46(4)30-18-24-8-12-27(13-9-24)56-34-20-26(11-15-33(34)55-7)17-29(36(49)42-21)45-38(30)51/h8-16,20-23,29-31H,17-19H2,1-7H3,(H,42,49)(H,43,48)(H,44,50)(H,45,51). The monoisotopic (exact) mass is 774 g/mol. The van der Waals surface area contributed by atoms with E-state index in [0.717, 1.165) is 4.90 Å². The van der Waals surface area contributed by atoms with E-state index in [9.17, 15) is 33.2 Å². The normalized spacial score (nSPS) is 24.1. The second kappa shape index (κ2) is 17.5. The van der Waals surface area contributed by atoms with Crippen molar-refractivity contribution in [1.29, 1.82) is 0 Å². The molecule has 3 aliphatic rings. The smallest absolute Gasteiger partial charge is 0.245 e. The van der Waals surface area contributed by atoms with Crippen molar-refractivity contribution in [3.05, 3.63) is 83.2 Å². The average Bonchev–Trinajstić information content (AvgIpc) is 3.17. The molecule has 0 saturated carbocycles. The maximum Gasteiger partial charge on any atom is 0.245 e. The van der Waals surface area contributed by atoms with Crippen LogP contribution in [0.1, 0.15) is 37.5 Å². The molecule has 6 amide bonds. The number of fused-ring (bicyclic) bond motifs is 2. The summed E-state index contributed by atoms with van der Waals surface area (Å²) >= 11 is 0. The van der Waals surface area contributed by atoms with Gasteiger partial charge in [-0.1, -0.05) is 24.3 Å². The first-order valence-electron chi connectivity index (χ1n) is 18.1. The summed E-state index contributed by atoms with van der Waals surface area (Å²) in [4.78, 5) is 85.8. The van der Waals surface area contributed by atoms with Gasteiger partial charge in [0.25, 0.3) is 0 Å². The second-order valence-corrected chi connectivity index (χ2v) is 14.0. The quantitative estimate of drug-likeness (QED) is 0.306. The second-order valence-electron chi connectivity index (χ2n) is 14.0. The number of likely N-dealkylation sites (N-methyl/N-ethyl adjacent to an activating group) is 2. The molecule has 6 atom stereocenters. The maximum atomic E-state index is 14.7. The number of benzene rings is 3. The zero-order valence-corrected chi connectivity index (χ0v) is 32.3. The molecule has 3 aromatic carbocycles. The lowest BCUT2D eigenvalue weighted by Crippen LogP contribution is -2.61. The largest absolute Gasteiger partial charge is 0.494 e. The Bertz CT molecular complexity index is 1990. The van der Waals surface area contributed by atoms with Crippen molar-refractivity contribution in [3.63, 3.8) is 0 Å². The number of nitrogens with one attached hydrogen (secondary N) is 4. The third-order valence-corrected chi connectivity index (χ3v) is 9.97. The summed E-state index contributed by atoms with van der Waals surface area (Å²) in [7, 11) is 5.58. The maximum absolute atomic E-state index is 14.7. The fourth-order valence-corrected chi connectivity index (χ4v) is 6.62. The number of carbonyl (C=O) groups excluding carboxylic acids is 6. The Morgan fingerprint density at radius 2 is 1.25 bits per heavy atom. The molecule has 6 bridgehead atoms. The minimum absolute atomic E-state index is 0.0115. The summed E-state index contributed by atoms with van der Waals surface area (Å²) in [6, 6.07) is 8.82. The van der Waals surface area contributed by atoms with Crippen molar-refractivity contribution < 1.29 is 47.4 Å². The number of hydrogen-bond donors (Lipinski definition) is 4. The molecule has 3 heterocycles. The van der Waals surface area contributed by atoms with E-state index in [2.05, 4.69) is 21.3 Å². The van der Waals surface area contributed by atoms with E-state index >= 15 is 0 Å². The van der Waals surface area contributed by atoms with Gasteiger partial charge >= 0.3 is 0 Å². The summed E-state index contributed by atoms with van der Waals surface area (Å²) < 4.78 is 31.3. The third kappa shape index (κ3) is 9.36. The van der Waals surface area contributed by atoms with Crippen molar-refractivity contribution in [1.82, 2.24) is 31.1 Å². The molecular weight excluding hydrogens is 727 g/mol. The molecule has 0 aromatic heterocycles. The number of halogens is 1. The zero-order chi connectivity index (χ0) is 40.8. The van der Waals surface area contributed by atoms with Gasteiger partial charge in [-0.15, -0.1) is 0 Å². The lowest BCUT2D eigenvalue weighted by atomic mass is 10.00. The SMILES string of the molecule is COc1ccc(CC2C(=O)NC(C)C(=O)N(C)C3Cc4ccc(cc4)Oc4cc(ccc4OC)CC(NC3=O)C(=O)NC(C)C(=O)NC(C)C(=O)N2C)cc1F. The molecular formula is C40H47FN6O9. The summed E-state index contributed by atoms with van der Waals surface area (Å²) in [6.45, 7) is 4.28. The number of amides is 6. The molecule has 3 aliphatic heterocycles. The van der Waals surface area contributed by atoms with Crippen LogP contribution in [-0.2, 0) is 48.0 Å². The number of carbonyl (C=O) groups is 6. The van der Waals surface area contributed by atoms with Crippen LogP contribution >= 0.6 is 0 Å². The minimum atomic E-state index is -1.27. The van der Waals surface area contributed by atoms with Gasteiger partial charge in [0.15, 0.2) is 23.1 Å². The van der Waals surface area contributed by atoms with Crippen LogP contribution in [0.2, 0.25) is 0 Å². The summed E-state index contributed by atoms with van der Waals surface area (Å²) in [5, 5.41) is 10.7. The number of ether oxygens (including phenoxy) is 3. The molecule has 0 aliphatic carbocycles. The topological polar surface area (TPSA) is 185 Å². The first kappa shape index (κ1) is 41.0. The highest BCUT2D eigenvalue weighted by molar-refractivity contribution is 5.98. The van der Waals surface area contributed by atoms with Gasteiger partial charge in [0, 0.05) is 33.4 Å². The molecule has 4 N–H and O–H groups in total. The molecule has 56 heavy (non-hydrogen) atoms. The van der Waals surface area contributed by atoms with Crippen LogP contribution in [-0.4, -0.2) is 110 Å². The van der Waals surface area contributed by atoms with Gasteiger partial charge in [0.05, 0.1) is 14.2 Å². The Hall–Kier alpha value is -6.19.